The molecule has 6 heteroatoms. The average molecular weight is 354 g/mol. The molecule has 0 N–H and O–H groups in total. The number of amides is 1. The highest BCUT2D eigenvalue weighted by molar-refractivity contribution is 7.18. The Balaban J connectivity index is 1.66. The second kappa shape index (κ2) is 6.85. The number of hydrogen-bond donors (Lipinski definition) is 0. The van der Waals surface area contributed by atoms with E-state index in [4.69, 9.17) is 5.26 Å². The number of carbonyl (C=O) groups is 1. The lowest BCUT2D eigenvalue weighted by Gasteiger charge is -2.37. The Labute approximate surface area is 152 Å². The van der Waals surface area contributed by atoms with Crippen molar-refractivity contribution in [3.8, 4) is 16.5 Å². The van der Waals surface area contributed by atoms with Crippen molar-refractivity contribution in [2.24, 2.45) is 5.41 Å². The van der Waals surface area contributed by atoms with Gasteiger partial charge in [-0.1, -0.05) is 44.2 Å². The van der Waals surface area contributed by atoms with Crippen molar-refractivity contribution in [3.63, 3.8) is 0 Å². The van der Waals surface area contributed by atoms with Crippen LogP contribution in [-0.2, 0) is 4.79 Å². The van der Waals surface area contributed by atoms with Gasteiger partial charge in [-0.05, 0) is 17.7 Å². The highest BCUT2D eigenvalue weighted by Gasteiger charge is 2.30. The van der Waals surface area contributed by atoms with Crippen LogP contribution in [0.3, 0.4) is 0 Å². The SMILES string of the molecule is CC(C)(C)C(=O)N1CCN(c2ncc(-c3ccc(C#N)cc3)s2)CC1. The number of piperazine rings is 1. The van der Waals surface area contributed by atoms with Crippen LogP contribution in [0.2, 0.25) is 0 Å². The maximum Gasteiger partial charge on any atom is 0.228 e. The standard InChI is InChI=1S/C19H22N4OS/c1-19(2,3)17(24)22-8-10-23(11-9-22)18-21-13-16(25-18)15-6-4-14(12-20)5-7-15/h4-7,13H,8-11H2,1-3H3. The smallest absolute Gasteiger partial charge is 0.228 e. The van der Waals surface area contributed by atoms with Crippen LogP contribution in [0.15, 0.2) is 30.5 Å². The lowest BCUT2D eigenvalue weighted by Crippen LogP contribution is -2.51. The molecule has 3 rings (SSSR count). The summed E-state index contributed by atoms with van der Waals surface area (Å²) in [6.45, 7) is 8.99. The molecule has 1 aliphatic rings. The van der Waals surface area contributed by atoms with Crippen LogP contribution in [0.25, 0.3) is 10.4 Å². The highest BCUT2D eigenvalue weighted by atomic mass is 32.1. The number of thiazole rings is 1. The second-order valence-electron chi connectivity index (χ2n) is 7.23. The molecule has 1 saturated heterocycles. The van der Waals surface area contributed by atoms with Crippen molar-refractivity contribution in [3.05, 3.63) is 36.0 Å². The van der Waals surface area contributed by atoms with Crippen LogP contribution in [0.1, 0.15) is 26.3 Å². The van der Waals surface area contributed by atoms with Gasteiger partial charge >= 0.3 is 0 Å². The fourth-order valence-corrected chi connectivity index (χ4v) is 3.80. The number of nitriles is 1. The Morgan fingerprint density at radius 1 is 1.16 bits per heavy atom. The third-order valence-electron chi connectivity index (χ3n) is 4.27. The number of rotatable bonds is 2. The molecule has 0 aliphatic carbocycles. The summed E-state index contributed by atoms with van der Waals surface area (Å²) >= 11 is 1.65. The number of benzene rings is 1. The highest BCUT2D eigenvalue weighted by Crippen LogP contribution is 2.32. The molecule has 2 aromatic rings. The molecule has 0 saturated carbocycles. The molecule has 1 aliphatic heterocycles. The number of anilines is 1. The third-order valence-corrected chi connectivity index (χ3v) is 5.38. The van der Waals surface area contributed by atoms with Crippen LogP contribution in [-0.4, -0.2) is 42.0 Å². The molecule has 2 heterocycles. The lowest BCUT2D eigenvalue weighted by atomic mass is 9.94. The summed E-state index contributed by atoms with van der Waals surface area (Å²) in [5, 5.41) is 9.88. The van der Waals surface area contributed by atoms with E-state index in [1.54, 1.807) is 11.3 Å². The zero-order valence-electron chi connectivity index (χ0n) is 14.8. The fourth-order valence-electron chi connectivity index (χ4n) is 2.83. The van der Waals surface area contributed by atoms with Gasteiger partial charge in [0.25, 0.3) is 0 Å². The predicted octanol–water partition coefficient (Wildman–Crippen LogP) is 3.38. The number of carbonyl (C=O) groups excluding carboxylic acids is 1. The normalized spacial score (nSPS) is 15.1. The average Bonchev–Trinajstić information content (AvgIpc) is 3.10. The van der Waals surface area contributed by atoms with Gasteiger partial charge in [-0.2, -0.15) is 5.26 Å². The Hall–Kier alpha value is -2.39. The maximum atomic E-state index is 12.4. The molecule has 0 bridgehead atoms. The van der Waals surface area contributed by atoms with Crippen molar-refractivity contribution < 1.29 is 4.79 Å². The minimum atomic E-state index is -0.327. The first-order valence-electron chi connectivity index (χ1n) is 8.39. The molecule has 0 spiro atoms. The van der Waals surface area contributed by atoms with Crippen LogP contribution in [0.5, 0.6) is 0 Å². The van der Waals surface area contributed by atoms with E-state index in [1.807, 2.05) is 56.1 Å². The largest absolute Gasteiger partial charge is 0.345 e. The molecule has 1 amide bonds. The molecule has 1 fully saturated rings. The zero-order chi connectivity index (χ0) is 18.0. The van der Waals surface area contributed by atoms with E-state index in [9.17, 15) is 4.79 Å². The molecule has 25 heavy (non-hydrogen) atoms. The molecule has 5 nitrogen and oxygen atoms in total. The Kier molecular flexibility index (Phi) is 4.78. The maximum absolute atomic E-state index is 12.4. The van der Waals surface area contributed by atoms with Gasteiger partial charge in [0.2, 0.25) is 5.91 Å². The quantitative estimate of drug-likeness (QED) is 0.829. The van der Waals surface area contributed by atoms with Crippen LogP contribution in [0.4, 0.5) is 5.13 Å². The molecule has 0 unspecified atom stereocenters. The minimum absolute atomic E-state index is 0.213. The van der Waals surface area contributed by atoms with E-state index in [2.05, 4.69) is 16.0 Å². The van der Waals surface area contributed by atoms with Crippen molar-refractivity contribution in [1.29, 1.82) is 5.26 Å². The Morgan fingerprint density at radius 2 is 1.80 bits per heavy atom. The van der Waals surface area contributed by atoms with E-state index < -0.39 is 0 Å². The Morgan fingerprint density at radius 3 is 2.36 bits per heavy atom. The molecule has 0 radical (unpaired) electrons. The summed E-state index contributed by atoms with van der Waals surface area (Å²) in [5.41, 5.74) is 1.41. The first-order valence-corrected chi connectivity index (χ1v) is 9.21. The molecule has 130 valence electrons. The molecule has 0 atom stereocenters. The minimum Gasteiger partial charge on any atom is -0.345 e. The molecular formula is C19H22N4OS. The van der Waals surface area contributed by atoms with E-state index in [0.29, 0.717) is 5.56 Å². The van der Waals surface area contributed by atoms with E-state index in [1.165, 1.54) is 0 Å². The summed E-state index contributed by atoms with van der Waals surface area (Å²) in [7, 11) is 0. The van der Waals surface area contributed by atoms with Crippen molar-refractivity contribution in [2.45, 2.75) is 20.8 Å². The summed E-state index contributed by atoms with van der Waals surface area (Å²) in [5.74, 6) is 0.213. The Bertz CT molecular complexity index is 790. The zero-order valence-corrected chi connectivity index (χ0v) is 15.6. The van der Waals surface area contributed by atoms with E-state index >= 15 is 0 Å². The summed E-state index contributed by atoms with van der Waals surface area (Å²) in [6.07, 6.45) is 1.88. The van der Waals surface area contributed by atoms with Gasteiger partial charge in [0.05, 0.1) is 16.5 Å². The van der Waals surface area contributed by atoms with Crippen molar-refractivity contribution in [1.82, 2.24) is 9.88 Å². The topological polar surface area (TPSA) is 60.2 Å². The predicted molar refractivity (Wildman–Crippen MR) is 101 cm³/mol. The first-order chi connectivity index (χ1) is 11.9. The monoisotopic (exact) mass is 354 g/mol. The van der Waals surface area contributed by atoms with Gasteiger partial charge in [0, 0.05) is 37.8 Å². The third kappa shape index (κ3) is 3.83. The van der Waals surface area contributed by atoms with Gasteiger partial charge in [0.1, 0.15) is 0 Å². The van der Waals surface area contributed by atoms with Gasteiger partial charge in [-0.25, -0.2) is 4.98 Å². The summed E-state index contributed by atoms with van der Waals surface area (Å²) < 4.78 is 0. The number of aromatic nitrogens is 1. The molecular weight excluding hydrogens is 332 g/mol. The van der Waals surface area contributed by atoms with Crippen molar-refractivity contribution in [2.75, 3.05) is 31.1 Å². The number of hydrogen-bond acceptors (Lipinski definition) is 5. The van der Waals surface area contributed by atoms with Crippen LogP contribution < -0.4 is 4.90 Å². The lowest BCUT2D eigenvalue weighted by molar-refractivity contribution is -0.139. The first kappa shape index (κ1) is 17.4. The number of nitrogens with zero attached hydrogens (tertiary/aromatic N) is 4. The van der Waals surface area contributed by atoms with Gasteiger partial charge in [0.15, 0.2) is 5.13 Å². The summed E-state index contributed by atoms with van der Waals surface area (Å²) in [4.78, 5) is 22.2. The molecule has 1 aromatic carbocycles. The summed E-state index contributed by atoms with van der Waals surface area (Å²) in [6, 6.07) is 9.69. The fraction of sp³-hybridized carbons (Fsp3) is 0.421. The van der Waals surface area contributed by atoms with E-state index in [-0.39, 0.29) is 11.3 Å². The van der Waals surface area contributed by atoms with E-state index in [0.717, 1.165) is 41.8 Å². The van der Waals surface area contributed by atoms with Crippen LogP contribution >= 0.6 is 11.3 Å². The molecule has 1 aromatic heterocycles. The van der Waals surface area contributed by atoms with Crippen molar-refractivity contribution >= 4 is 22.4 Å². The second-order valence-corrected chi connectivity index (χ2v) is 8.23. The van der Waals surface area contributed by atoms with Crippen LogP contribution in [0, 0.1) is 16.7 Å². The van der Waals surface area contributed by atoms with Gasteiger partial charge in [-0.3, -0.25) is 4.79 Å². The van der Waals surface area contributed by atoms with Gasteiger partial charge in [-0.15, -0.1) is 0 Å². The van der Waals surface area contributed by atoms with Gasteiger partial charge < -0.3 is 9.80 Å².